The Morgan fingerprint density at radius 3 is 2.72 bits per heavy atom. The van der Waals surface area contributed by atoms with Crippen molar-refractivity contribution in [2.75, 3.05) is 13.7 Å². The maximum absolute atomic E-state index is 12.0. The van der Waals surface area contributed by atoms with Gasteiger partial charge in [0.2, 0.25) is 0 Å². The summed E-state index contributed by atoms with van der Waals surface area (Å²) >= 11 is 0. The quantitative estimate of drug-likeness (QED) is 0.106. The predicted octanol–water partition coefficient (Wildman–Crippen LogP) is 0.289. The minimum absolute atomic E-state index is 0.141. The molecule has 1 aromatic rings. The second-order valence-corrected chi connectivity index (χ2v) is 5.09. The number of aliphatic carboxylic acids is 1. The molecule has 1 aromatic carbocycles. The Balaban J connectivity index is 2.66. The fraction of sp³-hybridized carbons (Fsp3) is 0.312. The minimum Gasteiger partial charge on any atom is -0.493 e. The van der Waals surface area contributed by atoms with Crippen molar-refractivity contribution in [2.45, 2.75) is 18.9 Å². The number of hydrogen-bond acceptors (Lipinski definition) is 6. The third-order valence-corrected chi connectivity index (χ3v) is 3.13. The monoisotopic (exact) mass is 350 g/mol. The van der Waals surface area contributed by atoms with Gasteiger partial charge in [0.15, 0.2) is 17.5 Å². The van der Waals surface area contributed by atoms with Crippen LogP contribution in [0, 0.1) is 5.41 Å². The Kier molecular flexibility index (Phi) is 7.94. The first-order chi connectivity index (χ1) is 11.8. The lowest BCUT2D eigenvalue weighted by molar-refractivity contribution is -0.136. The number of hydrogen-bond donors (Lipinski definition) is 5. The van der Waals surface area contributed by atoms with Crippen LogP contribution >= 0.6 is 0 Å². The number of nitrogens with one attached hydrogen (secondary N) is 2. The van der Waals surface area contributed by atoms with Crippen molar-refractivity contribution < 1.29 is 24.2 Å². The summed E-state index contributed by atoms with van der Waals surface area (Å²) in [4.78, 5) is 22.6. The molecular formula is C16H22N4O5. The van der Waals surface area contributed by atoms with E-state index in [1.807, 2.05) is 0 Å². The number of carbonyl (C=O) groups is 2. The first-order valence-corrected chi connectivity index (χ1v) is 7.47. The third-order valence-electron chi connectivity index (χ3n) is 3.13. The second kappa shape index (κ2) is 9.93. The highest BCUT2D eigenvalue weighted by molar-refractivity contribution is 5.85. The molecule has 9 heteroatoms. The van der Waals surface area contributed by atoms with Gasteiger partial charge < -0.3 is 31.4 Å². The van der Waals surface area contributed by atoms with Crippen LogP contribution in [0.15, 0.2) is 24.3 Å². The van der Waals surface area contributed by atoms with Crippen molar-refractivity contribution in [3.05, 3.63) is 29.8 Å². The van der Waals surface area contributed by atoms with Crippen molar-refractivity contribution in [2.24, 2.45) is 11.5 Å². The van der Waals surface area contributed by atoms with Gasteiger partial charge in [0.25, 0.3) is 0 Å². The lowest BCUT2D eigenvalue weighted by Gasteiger charge is -2.14. The second-order valence-electron chi connectivity index (χ2n) is 5.09. The van der Waals surface area contributed by atoms with Crippen LogP contribution in [0.25, 0.3) is 6.08 Å². The smallest absolute Gasteiger partial charge is 0.328 e. The summed E-state index contributed by atoms with van der Waals surface area (Å²) in [7, 11) is 1.41. The normalized spacial score (nSPS) is 11.8. The Morgan fingerprint density at radius 2 is 2.12 bits per heavy atom. The van der Waals surface area contributed by atoms with E-state index in [1.165, 1.54) is 19.3 Å². The zero-order valence-electron chi connectivity index (χ0n) is 13.8. The van der Waals surface area contributed by atoms with Gasteiger partial charge in [0.05, 0.1) is 7.11 Å². The van der Waals surface area contributed by atoms with Crippen LogP contribution in [0.2, 0.25) is 0 Å². The standard InChI is InChI=1S/C16H22N4O5/c1-24-13-9-10(5-7-14(21)22)4-6-12(13)25-15(23)11(17)3-2-8-20-16(18)19/h4-7,9,11H,2-3,8,17H2,1H3,(H,21,22)(H4,18,19,20)/t11-/m0/s1. The highest BCUT2D eigenvalue weighted by atomic mass is 16.6. The number of carboxylic acid groups (broad SMARTS) is 1. The van der Waals surface area contributed by atoms with E-state index in [0.29, 0.717) is 24.9 Å². The van der Waals surface area contributed by atoms with Crippen LogP contribution in [-0.2, 0) is 9.59 Å². The molecule has 9 nitrogen and oxygen atoms in total. The van der Waals surface area contributed by atoms with Crippen molar-refractivity contribution in [3.8, 4) is 11.5 Å². The molecule has 0 spiro atoms. The van der Waals surface area contributed by atoms with Crippen LogP contribution < -0.4 is 26.3 Å². The molecular weight excluding hydrogens is 328 g/mol. The molecule has 0 amide bonds. The number of esters is 1. The van der Waals surface area contributed by atoms with Gasteiger partial charge in [-0.15, -0.1) is 0 Å². The number of benzene rings is 1. The van der Waals surface area contributed by atoms with Gasteiger partial charge in [-0.05, 0) is 36.6 Å². The van der Waals surface area contributed by atoms with Crippen LogP contribution in [-0.4, -0.2) is 42.7 Å². The zero-order valence-corrected chi connectivity index (χ0v) is 13.8. The molecule has 0 radical (unpaired) electrons. The number of ether oxygens (including phenoxy) is 2. The molecule has 136 valence electrons. The SMILES string of the molecule is COc1cc(C=CC(=O)O)ccc1OC(=O)[C@@H](N)CCCNC(=N)N. The Bertz CT molecular complexity index is 660. The summed E-state index contributed by atoms with van der Waals surface area (Å²) in [5, 5.41) is 18.3. The van der Waals surface area contributed by atoms with E-state index >= 15 is 0 Å². The van der Waals surface area contributed by atoms with E-state index in [2.05, 4.69) is 5.32 Å². The topological polar surface area (TPSA) is 161 Å². The lowest BCUT2D eigenvalue weighted by Crippen LogP contribution is -2.36. The highest BCUT2D eigenvalue weighted by Gasteiger charge is 2.17. The first-order valence-electron chi connectivity index (χ1n) is 7.47. The first kappa shape index (κ1) is 20.0. The van der Waals surface area contributed by atoms with E-state index in [0.717, 1.165) is 6.08 Å². The van der Waals surface area contributed by atoms with E-state index in [9.17, 15) is 9.59 Å². The molecule has 0 aromatic heterocycles. The van der Waals surface area contributed by atoms with Gasteiger partial charge in [-0.2, -0.15) is 0 Å². The number of methoxy groups -OCH3 is 1. The number of rotatable bonds is 9. The fourth-order valence-electron chi connectivity index (χ4n) is 1.89. The van der Waals surface area contributed by atoms with Crippen LogP contribution in [0.3, 0.4) is 0 Å². The van der Waals surface area contributed by atoms with Crippen molar-refractivity contribution in [3.63, 3.8) is 0 Å². The number of nitrogens with two attached hydrogens (primary N) is 2. The maximum atomic E-state index is 12.0. The maximum Gasteiger partial charge on any atom is 0.328 e. The van der Waals surface area contributed by atoms with E-state index in [-0.39, 0.29) is 17.5 Å². The molecule has 0 aliphatic heterocycles. The van der Waals surface area contributed by atoms with E-state index < -0.39 is 18.0 Å². The van der Waals surface area contributed by atoms with Gasteiger partial charge in [-0.1, -0.05) is 6.07 Å². The largest absolute Gasteiger partial charge is 0.493 e. The molecule has 0 heterocycles. The molecule has 0 fully saturated rings. The molecule has 0 aliphatic rings. The van der Waals surface area contributed by atoms with Gasteiger partial charge >= 0.3 is 11.9 Å². The molecule has 1 atom stereocenters. The molecule has 0 bridgehead atoms. The van der Waals surface area contributed by atoms with Gasteiger partial charge in [-0.3, -0.25) is 5.41 Å². The van der Waals surface area contributed by atoms with Gasteiger partial charge in [0, 0.05) is 12.6 Å². The Morgan fingerprint density at radius 1 is 1.40 bits per heavy atom. The summed E-state index contributed by atoms with van der Waals surface area (Å²) in [5.41, 5.74) is 11.5. The molecule has 0 saturated carbocycles. The van der Waals surface area contributed by atoms with Crippen LogP contribution in [0.5, 0.6) is 11.5 Å². The molecule has 1 rings (SSSR count). The third kappa shape index (κ3) is 7.36. The fourth-order valence-corrected chi connectivity index (χ4v) is 1.89. The summed E-state index contributed by atoms with van der Waals surface area (Å²) in [6.07, 6.45) is 3.29. The van der Waals surface area contributed by atoms with Crippen LogP contribution in [0.1, 0.15) is 18.4 Å². The number of carboxylic acids is 1. The average molecular weight is 350 g/mol. The van der Waals surface area contributed by atoms with Gasteiger partial charge in [-0.25, -0.2) is 9.59 Å². The van der Waals surface area contributed by atoms with Crippen molar-refractivity contribution >= 4 is 24.0 Å². The van der Waals surface area contributed by atoms with Crippen LogP contribution in [0.4, 0.5) is 0 Å². The van der Waals surface area contributed by atoms with Gasteiger partial charge in [0.1, 0.15) is 6.04 Å². The zero-order chi connectivity index (χ0) is 18.8. The van der Waals surface area contributed by atoms with Crippen molar-refractivity contribution in [1.82, 2.24) is 5.32 Å². The number of carbonyl (C=O) groups excluding carboxylic acids is 1. The average Bonchev–Trinajstić information content (AvgIpc) is 2.57. The minimum atomic E-state index is -1.07. The number of guanidine groups is 1. The summed E-state index contributed by atoms with van der Waals surface area (Å²) in [6.45, 7) is 0.435. The molecule has 0 saturated heterocycles. The van der Waals surface area contributed by atoms with Crippen molar-refractivity contribution in [1.29, 1.82) is 5.41 Å². The summed E-state index contributed by atoms with van der Waals surface area (Å²) < 4.78 is 10.4. The molecule has 0 aliphatic carbocycles. The van der Waals surface area contributed by atoms with E-state index in [4.69, 9.17) is 31.5 Å². The highest BCUT2D eigenvalue weighted by Crippen LogP contribution is 2.29. The molecule has 7 N–H and O–H groups in total. The lowest BCUT2D eigenvalue weighted by atomic mass is 10.1. The predicted molar refractivity (Wildman–Crippen MR) is 92.4 cm³/mol. The Labute approximate surface area is 145 Å². The summed E-state index contributed by atoms with van der Waals surface area (Å²) in [6, 6.07) is 3.81. The molecule has 25 heavy (non-hydrogen) atoms. The summed E-state index contributed by atoms with van der Waals surface area (Å²) in [5.74, 6) is -1.35. The Hall–Kier alpha value is -3.07. The van der Waals surface area contributed by atoms with E-state index in [1.54, 1.807) is 12.1 Å². The molecule has 0 unspecified atom stereocenters.